The van der Waals surface area contributed by atoms with Gasteiger partial charge < -0.3 is 16.8 Å². The second-order valence-corrected chi connectivity index (χ2v) is 2.52. The van der Waals surface area contributed by atoms with E-state index in [-0.39, 0.29) is 0 Å². The smallest absolute Gasteiger partial charge is 0.0754 e. The van der Waals surface area contributed by atoms with Gasteiger partial charge in [0, 0.05) is 13.1 Å². The van der Waals surface area contributed by atoms with E-state index in [1.54, 1.807) is 0 Å². The monoisotopic (exact) mass is 161 g/mol. The van der Waals surface area contributed by atoms with Gasteiger partial charge in [0.2, 0.25) is 0 Å². The van der Waals surface area contributed by atoms with Crippen molar-refractivity contribution in [3.8, 4) is 0 Å². The summed E-state index contributed by atoms with van der Waals surface area (Å²) in [5.74, 6) is 0. The van der Waals surface area contributed by atoms with Crippen LogP contribution in [0.1, 0.15) is 12.8 Å². The Morgan fingerprint density at radius 1 is 1.30 bits per heavy atom. The summed E-state index contributed by atoms with van der Waals surface area (Å²) >= 11 is 4.96. The van der Waals surface area contributed by atoms with Crippen LogP contribution in [0.2, 0.25) is 0 Å². The molecule has 0 aromatic carbocycles. The number of hydrogen-bond acceptors (Lipinski definition) is 3. The minimum Gasteiger partial charge on any atom is -0.378 e. The second kappa shape index (κ2) is 6.92. The van der Waals surface area contributed by atoms with Crippen molar-refractivity contribution in [2.75, 3.05) is 19.6 Å². The standard InChI is InChI=1S/C6H15N3S/c7-3-1-2-6(10)9-5-4-8/h1-5,7-8H2,(H,9,10). The van der Waals surface area contributed by atoms with Gasteiger partial charge in [-0.15, -0.1) is 0 Å². The average Bonchev–Trinajstić information content (AvgIpc) is 1.97. The first-order valence-electron chi connectivity index (χ1n) is 3.48. The first-order chi connectivity index (χ1) is 4.81. The van der Waals surface area contributed by atoms with Gasteiger partial charge in [0.05, 0.1) is 4.99 Å². The molecule has 0 saturated carbocycles. The maximum atomic E-state index is 5.29. The Morgan fingerprint density at radius 3 is 2.50 bits per heavy atom. The third-order valence-electron chi connectivity index (χ3n) is 1.07. The minimum absolute atomic E-state index is 0.628. The van der Waals surface area contributed by atoms with Crippen LogP contribution in [0.4, 0.5) is 0 Å². The van der Waals surface area contributed by atoms with Crippen molar-refractivity contribution in [2.45, 2.75) is 12.8 Å². The van der Waals surface area contributed by atoms with E-state index >= 15 is 0 Å². The Morgan fingerprint density at radius 2 is 2.00 bits per heavy atom. The van der Waals surface area contributed by atoms with Crippen molar-refractivity contribution in [3.63, 3.8) is 0 Å². The molecule has 0 spiro atoms. The molecule has 0 atom stereocenters. The molecule has 0 heterocycles. The summed E-state index contributed by atoms with van der Waals surface area (Å²) in [6.45, 7) is 2.09. The Hall–Kier alpha value is -0.190. The average molecular weight is 161 g/mol. The van der Waals surface area contributed by atoms with Crippen LogP contribution in [0.15, 0.2) is 0 Å². The highest BCUT2D eigenvalue weighted by Gasteiger charge is 1.92. The fourth-order valence-corrected chi connectivity index (χ4v) is 0.809. The van der Waals surface area contributed by atoms with E-state index in [4.69, 9.17) is 23.7 Å². The van der Waals surface area contributed by atoms with Crippen LogP contribution in [0.3, 0.4) is 0 Å². The van der Waals surface area contributed by atoms with Crippen molar-refractivity contribution < 1.29 is 0 Å². The first-order valence-corrected chi connectivity index (χ1v) is 3.89. The molecule has 4 heteroatoms. The van der Waals surface area contributed by atoms with Gasteiger partial charge in [-0.05, 0) is 19.4 Å². The van der Waals surface area contributed by atoms with Crippen molar-refractivity contribution in [2.24, 2.45) is 11.5 Å². The van der Waals surface area contributed by atoms with E-state index in [0.29, 0.717) is 13.1 Å². The molecular weight excluding hydrogens is 146 g/mol. The number of hydrogen-bond donors (Lipinski definition) is 3. The lowest BCUT2D eigenvalue weighted by Crippen LogP contribution is -2.27. The second-order valence-electron chi connectivity index (χ2n) is 2.03. The van der Waals surface area contributed by atoms with Gasteiger partial charge in [-0.25, -0.2) is 0 Å². The predicted octanol–water partition coefficient (Wildman–Crippen LogP) is -0.399. The van der Waals surface area contributed by atoms with Crippen molar-refractivity contribution in [1.29, 1.82) is 0 Å². The molecular formula is C6H15N3S. The molecule has 0 aromatic rings. The molecule has 0 saturated heterocycles. The van der Waals surface area contributed by atoms with Crippen LogP contribution in [-0.2, 0) is 0 Å². The summed E-state index contributed by atoms with van der Waals surface area (Å²) in [5, 5.41) is 3.02. The molecule has 10 heavy (non-hydrogen) atoms. The normalized spacial score (nSPS) is 9.40. The molecule has 0 aliphatic carbocycles. The largest absolute Gasteiger partial charge is 0.378 e. The highest BCUT2D eigenvalue weighted by atomic mass is 32.1. The number of thiocarbonyl (C=S) groups is 1. The van der Waals surface area contributed by atoms with Crippen LogP contribution in [0, 0.1) is 0 Å². The lowest BCUT2D eigenvalue weighted by molar-refractivity contribution is 0.825. The van der Waals surface area contributed by atoms with Crippen LogP contribution in [-0.4, -0.2) is 24.6 Å². The Bertz CT molecular complexity index is 85.0. The van der Waals surface area contributed by atoms with Crippen LogP contribution in [0.5, 0.6) is 0 Å². The summed E-state index contributed by atoms with van der Waals surface area (Å²) < 4.78 is 0. The summed E-state index contributed by atoms with van der Waals surface area (Å²) in [5.41, 5.74) is 10.6. The molecule has 0 rings (SSSR count). The topological polar surface area (TPSA) is 64.1 Å². The summed E-state index contributed by atoms with van der Waals surface area (Å²) in [4.78, 5) is 0.871. The van der Waals surface area contributed by atoms with E-state index in [2.05, 4.69) is 5.32 Å². The zero-order chi connectivity index (χ0) is 7.82. The number of nitrogens with two attached hydrogens (primary N) is 2. The van der Waals surface area contributed by atoms with Gasteiger partial charge in [-0.2, -0.15) is 0 Å². The maximum Gasteiger partial charge on any atom is 0.0754 e. The van der Waals surface area contributed by atoms with Crippen molar-refractivity contribution >= 4 is 17.2 Å². The summed E-state index contributed by atoms with van der Waals surface area (Å²) in [6.07, 6.45) is 1.84. The fraction of sp³-hybridized carbons (Fsp3) is 0.833. The Labute approximate surface area is 67.2 Å². The van der Waals surface area contributed by atoms with E-state index in [9.17, 15) is 0 Å². The fourth-order valence-electron chi connectivity index (χ4n) is 0.563. The predicted molar refractivity (Wildman–Crippen MR) is 47.9 cm³/mol. The van der Waals surface area contributed by atoms with Gasteiger partial charge in [0.25, 0.3) is 0 Å². The van der Waals surface area contributed by atoms with Gasteiger partial charge in [0.15, 0.2) is 0 Å². The van der Waals surface area contributed by atoms with Gasteiger partial charge >= 0.3 is 0 Å². The highest BCUT2D eigenvalue weighted by molar-refractivity contribution is 7.80. The number of rotatable bonds is 5. The van der Waals surface area contributed by atoms with Crippen molar-refractivity contribution in [1.82, 2.24) is 5.32 Å². The number of nitrogens with one attached hydrogen (secondary N) is 1. The van der Waals surface area contributed by atoms with E-state index < -0.39 is 0 Å². The first kappa shape index (κ1) is 9.81. The van der Waals surface area contributed by atoms with Crippen LogP contribution in [0.25, 0.3) is 0 Å². The summed E-state index contributed by atoms with van der Waals surface area (Å²) in [6, 6.07) is 0. The lowest BCUT2D eigenvalue weighted by atomic mass is 10.3. The van der Waals surface area contributed by atoms with Crippen LogP contribution >= 0.6 is 12.2 Å². The van der Waals surface area contributed by atoms with E-state index in [0.717, 1.165) is 24.4 Å². The highest BCUT2D eigenvalue weighted by Crippen LogP contribution is 1.86. The van der Waals surface area contributed by atoms with E-state index in [1.807, 2.05) is 0 Å². The van der Waals surface area contributed by atoms with Crippen LogP contribution < -0.4 is 16.8 Å². The SMILES string of the molecule is NCCCC(=S)NCCN. The molecule has 0 aliphatic rings. The Balaban J connectivity index is 3.09. The minimum atomic E-state index is 0.628. The molecule has 0 aliphatic heterocycles. The van der Waals surface area contributed by atoms with E-state index in [1.165, 1.54) is 0 Å². The Kier molecular flexibility index (Phi) is 6.79. The lowest BCUT2D eigenvalue weighted by Gasteiger charge is -2.04. The molecule has 0 radical (unpaired) electrons. The van der Waals surface area contributed by atoms with Gasteiger partial charge in [0.1, 0.15) is 0 Å². The quantitative estimate of drug-likeness (QED) is 0.480. The molecule has 0 fully saturated rings. The van der Waals surface area contributed by atoms with Crippen molar-refractivity contribution in [3.05, 3.63) is 0 Å². The maximum absolute atomic E-state index is 5.29. The molecule has 0 unspecified atom stereocenters. The van der Waals surface area contributed by atoms with Gasteiger partial charge in [-0.3, -0.25) is 0 Å². The molecule has 60 valence electrons. The third-order valence-corrected chi connectivity index (χ3v) is 1.42. The molecule has 0 amide bonds. The zero-order valence-corrected chi connectivity index (χ0v) is 6.91. The molecule has 0 aromatic heterocycles. The molecule has 3 nitrogen and oxygen atoms in total. The zero-order valence-electron chi connectivity index (χ0n) is 6.10. The van der Waals surface area contributed by atoms with Gasteiger partial charge in [-0.1, -0.05) is 12.2 Å². The summed E-state index contributed by atoms with van der Waals surface area (Å²) in [7, 11) is 0. The molecule has 5 N–H and O–H groups in total. The third kappa shape index (κ3) is 5.94. The molecule has 0 bridgehead atoms.